The summed E-state index contributed by atoms with van der Waals surface area (Å²) in [7, 11) is 0. The molecule has 0 atom stereocenters. The summed E-state index contributed by atoms with van der Waals surface area (Å²) in [4.78, 5) is 12.6. The molecule has 0 bridgehead atoms. The van der Waals surface area contributed by atoms with E-state index in [9.17, 15) is 20.1 Å². The molecule has 0 spiro atoms. The van der Waals surface area contributed by atoms with Crippen molar-refractivity contribution in [1.82, 2.24) is 0 Å². The van der Waals surface area contributed by atoms with E-state index in [0.717, 1.165) is 16.8 Å². The lowest BCUT2D eigenvalue weighted by molar-refractivity contribution is 0.102. The molecule has 5 heteroatoms. The summed E-state index contributed by atoms with van der Waals surface area (Å²) in [6.07, 6.45) is 0. The number of para-hydroxylation sites is 1. The van der Waals surface area contributed by atoms with Crippen LogP contribution in [-0.4, -0.2) is 21.2 Å². The third-order valence-corrected chi connectivity index (χ3v) is 3.99. The first kappa shape index (κ1) is 17.7. The zero-order valence-electron chi connectivity index (χ0n) is 14.3. The van der Waals surface area contributed by atoms with Crippen LogP contribution in [0.15, 0.2) is 30.3 Å². The molecule has 0 unspecified atom stereocenters. The molecular formula is C19H23NO4. The van der Waals surface area contributed by atoms with Gasteiger partial charge in [0.2, 0.25) is 5.75 Å². The number of nitrogens with one attached hydrogen (secondary N) is 1. The number of benzene rings is 2. The fourth-order valence-corrected chi connectivity index (χ4v) is 2.63. The third kappa shape index (κ3) is 3.30. The molecule has 0 fully saturated rings. The van der Waals surface area contributed by atoms with E-state index in [4.69, 9.17) is 0 Å². The van der Waals surface area contributed by atoms with Crippen molar-refractivity contribution in [2.45, 2.75) is 39.5 Å². The van der Waals surface area contributed by atoms with Gasteiger partial charge in [-0.15, -0.1) is 0 Å². The summed E-state index contributed by atoms with van der Waals surface area (Å²) in [5.41, 5.74) is 2.62. The zero-order valence-corrected chi connectivity index (χ0v) is 14.3. The molecule has 4 N–H and O–H groups in total. The zero-order chi connectivity index (χ0) is 18.0. The van der Waals surface area contributed by atoms with Crippen molar-refractivity contribution in [1.29, 1.82) is 0 Å². The quantitative estimate of drug-likeness (QED) is 0.629. The summed E-state index contributed by atoms with van der Waals surface area (Å²) < 4.78 is 0. The minimum atomic E-state index is -0.705. The molecule has 0 saturated heterocycles. The maximum atomic E-state index is 12.6. The summed E-state index contributed by atoms with van der Waals surface area (Å²) in [6, 6.07) is 8.32. The Bertz CT molecular complexity index is 740. The van der Waals surface area contributed by atoms with Gasteiger partial charge in [0.25, 0.3) is 5.91 Å². The van der Waals surface area contributed by atoms with Crippen molar-refractivity contribution in [2.24, 2.45) is 0 Å². The number of phenols is 3. The number of anilines is 1. The van der Waals surface area contributed by atoms with Gasteiger partial charge in [-0.25, -0.2) is 0 Å². The monoisotopic (exact) mass is 329 g/mol. The SMILES string of the molecule is CC(C)c1cccc(C(C)C)c1NC(=O)c1ccc(O)c(O)c1O. The maximum absolute atomic E-state index is 12.6. The highest BCUT2D eigenvalue weighted by atomic mass is 16.3. The predicted octanol–water partition coefficient (Wildman–Crippen LogP) is 4.30. The van der Waals surface area contributed by atoms with Gasteiger partial charge in [-0.1, -0.05) is 45.9 Å². The molecule has 0 saturated carbocycles. The first-order chi connectivity index (χ1) is 11.2. The van der Waals surface area contributed by atoms with Crippen molar-refractivity contribution in [3.8, 4) is 17.2 Å². The van der Waals surface area contributed by atoms with Crippen LogP contribution in [0.3, 0.4) is 0 Å². The average Bonchev–Trinajstić information content (AvgIpc) is 2.52. The first-order valence-electron chi connectivity index (χ1n) is 7.92. The minimum absolute atomic E-state index is 0.0986. The number of rotatable bonds is 4. The van der Waals surface area contributed by atoms with Gasteiger partial charge in [0, 0.05) is 5.69 Å². The molecule has 0 heterocycles. The van der Waals surface area contributed by atoms with Crippen LogP contribution < -0.4 is 5.32 Å². The van der Waals surface area contributed by atoms with Gasteiger partial charge < -0.3 is 20.6 Å². The summed E-state index contributed by atoms with van der Waals surface area (Å²) in [5.74, 6) is -1.95. The van der Waals surface area contributed by atoms with Gasteiger partial charge in [-0.05, 0) is 35.1 Å². The molecule has 1 amide bonds. The fraction of sp³-hybridized carbons (Fsp3) is 0.316. The Kier molecular flexibility index (Phi) is 5.02. The van der Waals surface area contributed by atoms with E-state index in [-0.39, 0.29) is 17.4 Å². The lowest BCUT2D eigenvalue weighted by Crippen LogP contribution is -2.16. The Balaban J connectivity index is 2.48. The van der Waals surface area contributed by atoms with Crippen LogP contribution in [0.5, 0.6) is 17.2 Å². The largest absolute Gasteiger partial charge is 0.504 e. The lowest BCUT2D eigenvalue weighted by Gasteiger charge is -2.20. The highest BCUT2D eigenvalue weighted by Gasteiger charge is 2.21. The van der Waals surface area contributed by atoms with Gasteiger partial charge >= 0.3 is 0 Å². The molecule has 0 aliphatic rings. The number of carbonyl (C=O) groups excluding carboxylic acids is 1. The van der Waals surface area contributed by atoms with Crippen molar-refractivity contribution >= 4 is 11.6 Å². The first-order valence-corrected chi connectivity index (χ1v) is 7.92. The topological polar surface area (TPSA) is 89.8 Å². The Morgan fingerprint density at radius 3 is 1.92 bits per heavy atom. The highest BCUT2D eigenvalue weighted by Crippen LogP contribution is 2.38. The van der Waals surface area contributed by atoms with Crippen LogP contribution in [-0.2, 0) is 0 Å². The van der Waals surface area contributed by atoms with Crippen molar-refractivity contribution in [2.75, 3.05) is 5.32 Å². The molecule has 0 radical (unpaired) electrons. The molecule has 24 heavy (non-hydrogen) atoms. The van der Waals surface area contributed by atoms with Crippen LogP contribution in [0.1, 0.15) is 61.0 Å². The second kappa shape index (κ2) is 6.83. The molecule has 0 aliphatic carbocycles. The van der Waals surface area contributed by atoms with E-state index in [1.807, 2.05) is 45.9 Å². The number of amides is 1. The Labute approximate surface area is 141 Å². The van der Waals surface area contributed by atoms with Crippen LogP contribution in [0.4, 0.5) is 5.69 Å². The Morgan fingerprint density at radius 1 is 0.875 bits per heavy atom. The average molecular weight is 329 g/mol. The maximum Gasteiger partial charge on any atom is 0.259 e. The normalized spacial score (nSPS) is 11.1. The van der Waals surface area contributed by atoms with Gasteiger partial charge in [0.05, 0.1) is 5.56 Å². The van der Waals surface area contributed by atoms with Gasteiger partial charge in [-0.3, -0.25) is 4.79 Å². The summed E-state index contributed by atoms with van der Waals surface area (Å²) in [6.45, 7) is 8.16. The summed E-state index contributed by atoms with van der Waals surface area (Å²) in [5, 5.41) is 31.8. The summed E-state index contributed by atoms with van der Waals surface area (Å²) >= 11 is 0. The standard InChI is InChI=1S/C19H23NO4/c1-10(2)12-6-5-7-13(11(3)4)16(12)20-19(24)14-8-9-15(21)18(23)17(14)22/h5-11,21-23H,1-4H3,(H,20,24). The van der Waals surface area contributed by atoms with Crippen molar-refractivity contribution in [3.63, 3.8) is 0 Å². The molecule has 5 nitrogen and oxygen atoms in total. The molecule has 2 aromatic rings. The van der Waals surface area contributed by atoms with E-state index in [1.165, 1.54) is 12.1 Å². The Morgan fingerprint density at radius 2 is 1.42 bits per heavy atom. The molecule has 2 rings (SSSR count). The number of carbonyl (C=O) groups is 1. The Hall–Kier alpha value is -2.69. The van der Waals surface area contributed by atoms with E-state index < -0.39 is 23.2 Å². The minimum Gasteiger partial charge on any atom is -0.504 e. The molecule has 0 aliphatic heterocycles. The number of aromatic hydroxyl groups is 3. The van der Waals surface area contributed by atoms with Gasteiger partial charge in [0.15, 0.2) is 11.5 Å². The van der Waals surface area contributed by atoms with Crippen LogP contribution in [0.2, 0.25) is 0 Å². The molecule has 0 aromatic heterocycles. The van der Waals surface area contributed by atoms with Crippen LogP contribution in [0.25, 0.3) is 0 Å². The van der Waals surface area contributed by atoms with E-state index in [2.05, 4.69) is 5.32 Å². The van der Waals surface area contributed by atoms with E-state index in [1.54, 1.807) is 0 Å². The van der Waals surface area contributed by atoms with Gasteiger partial charge in [0.1, 0.15) is 0 Å². The fourth-order valence-electron chi connectivity index (χ4n) is 2.63. The van der Waals surface area contributed by atoms with Crippen molar-refractivity contribution in [3.05, 3.63) is 47.0 Å². The predicted molar refractivity (Wildman–Crippen MR) is 94.0 cm³/mol. The number of hydrogen-bond acceptors (Lipinski definition) is 4. The van der Waals surface area contributed by atoms with Crippen LogP contribution >= 0.6 is 0 Å². The highest BCUT2D eigenvalue weighted by molar-refractivity contribution is 6.07. The number of phenolic OH excluding ortho intramolecular Hbond substituents is 3. The smallest absolute Gasteiger partial charge is 0.259 e. The molecule has 2 aromatic carbocycles. The van der Waals surface area contributed by atoms with E-state index in [0.29, 0.717) is 0 Å². The molecular weight excluding hydrogens is 306 g/mol. The number of hydrogen-bond donors (Lipinski definition) is 4. The molecule has 128 valence electrons. The second-order valence-corrected chi connectivity index (χ2v) is 6.40. The lowest BCUT2D eigenvalue weighted by atomic mass is 9.92. The second-order valence-electron chi connectivity index (χ2n) is 6.40. The van der Waals surface area contributed by atoms with Crippen LogP contribution in [0, 0.1) is 0 Å². The third-order valence-electron chi connectivity index (χ3n) is 3.99. The van der Waals surface area contributed by atoms with Gasteiger partial charge in [-0.2, -0.15) is 0 Å². The van der Waals surface area contributed by atoms with Crippen molar-refractivity contribution < 1.29 is 20.1 Å². The van der Waals surface area contributed by atoms with E-state index >= 15 is 0 Å².